The van der Waals surface area contributed by atoms with Crippen LogP contribution in [-0.2, 0) is 9.53 Å². The minimum absolute atomic E-state index is 0.191. The third-order valence-corrected chi connectivity index (χ3v) is 3.26. The Morgan fingerprint density at radius 3 is 2.82 bits per heavy atom. The van der Waals surface area contributed by atoms with Crippen LogP contribution in [0.5, 0.6) is 5.75 Å². The number of rotatable bonds is 2. The molecule has 1 atom stereocenters. The van der Waals surface area contributed by atoms with Gasteiger partial charge in [-0.1, -0.05) is 6.07 Å². The van der Waals surface area contributed by atoms with Crippen molar-refractivity contribution in [1.29, 1.82) is 0 Å². The van der Waals surface area contributed by atoms with Gasteiger partial charge < -0.3 is 14.4 Å². The van der Waals surface area contributed by atoms with Crippen molar-refractivity contribution in [3.63, 3.8) is 0 Å². The van der Waals surface area contributed by atoms with Crippen LogP contribution in [0.3, 0.4) is 0 Å². The van der Waals surface area contributed by atoms with Crippen LogP contribution in [0.4, 0.5) is 5.69 Å². The minimum Gasteiger partial charge on any atom is -0.496 e. The lowest BCUT2D eigenvalue weighted by Gasteiger charge is -2.32. The van der Waals surface area contributed by atoms with Gasteiger partial charge in [0, 0.05) is 24.8 Å². The molecule has 92 valence electrons. The quantitative estimate of drug-likeness (QED) is 0.733. The first-order valence-corrected chi connectivity index (χ1v) is 5.65. The first-order valence-electron chi connectivity index (χ1n) is 5.65. The van der Waals surface area contributed by atoms with Crippen LogP contribution in [0.15, 0.2) is 18.2 Å². The molecule has 0 N–H and O–H groups in total. The highest BCUT2D eigenvalue weighted by atomic mass is 16.5. The summed E-state index contributed by atoms with van der Waals surface area (Å²) >= 11 is 0. The summed E-state index contributed by atoms with van der Waals surface area (Å²) in [4.78, 5) is 13.9. The molecule has 0 aliphatic carbocycles. The molecule has 4 heteroatoms. The summed E-state index contributed by atoms with van der Waals surface area (Å²) in [6.07, 6.45) is 0.760. The molecule has 0 amide bonds. The molecule has 1 aromatic carbocycles. The van der Waals surface area contributed by atoms with Gasteiger partial charge in [0.25, 0.3) is 0 Å². The average molecular weight is 235 g/mol. The van der Waals surface area contributed by atoms with E-state index >= 15 is 0 Å². The molecule has 1 heterocycles. The summed E-state index contributed by atoms with van der Waals surface area (Å²) in [6, 6.07) is 5.83. The van der Waals surface area contributed by atoms with Crippen LogP contribution in [-0.4, -0.2) is 33.8 Å². The number of hydrogen-bond acceptors (Lipinski definition) is 4. The number of fused-ring (bicyclic) bond motifs is 1. The first kappa shape index (κ1) is 11.8. The lowest BCUT2D eigenvalue weighted by Crippen LogP contribution is -2.31. The van der Waals surface area contributed by atoms with Crippen LogP contribution in [0.25, 0.3) is 0 Å². The van der Waals surface area contributed by atoms with Crippen LogP contribution in [0.1, 0.15) is 17.9 Å². The zero-order valence-electron chi connectivity index (χ0n) is 10.4. The number of ether oxygens (including phenoxy) is 2. The Hall–Kier alpha value is -1.71. The zero-order chi connectivity index (χ0) is 12.4. The van der Waals surface area contributed by atoms with E-state index in [9.17, 15) is 4.79 Å². The standard InChI is InChI=1S/C13H17NO3/c1-14-8-7-9(13(15)17-3)12-10(14)5-4-6-11(12)16-2/h4-6,9H,7-8H2,1-3H3. The van der Waals surface area contributed by atoms with Gasteiger partial charge in [0.15, 0.2) is 0 Å². The summed E-state index contributed by atoms with van der Waals surface area (Å²) in [5.41, 5.74) is 1.99. The molecule has 1 aromatic rings. The van der Waals surface area contributed by atoms with E-state index in [1.54, 1.807) is 7.11 Å². The van der Waals surface area contributed by atoms with E-state index in [0.717, 1.165) is 30.0 Å². The maximum absolute atomic E-state index is 11.8. The van der Waals surface area contributed by atoms with E-state index in [0.29, 0.717) is 0 Å². The van der Waals surface area contributed by atoms with Crippen molar-refractivity contribution in [3.8, 4) is 5.75 Å². The summed E-state index contributed by atoms with van der Waals surface area (Å²) in [5, 5.41) is 0. The van der Waals surface area contributed by atoms with Crippen molar-refractivity contribution in [2.24, 2.45) is 0 Å². The minimum atomic E-state index is -0.220. The Morgan fingerprint density at radius 1 is 1.41 bits per heavy atom. The summed E-state index contributed by atoms with van der Waals surface area (Å²) < 4.78 is 10.2. The normalized spacial score (nSPS) is 18.5. The van der Waals surface area contributed by atoms with Crippen molar-refractivity contribution in [2.75, 3.05) is 32.7 Å². The van der Waals surface area contributed by atoms with Crippen molar-refractivity contribution >= 4 is 11.7 Å². The van der Waals surface area contributed by atoms with Gasteiger partial charge in [-0.3, -0.25) is 4.79 Å². The fraction of sp³-hybridized carbons (Fsp3) is 0.462. The van der Waals surface area contributed by atoms with Gasteiger partial charge in [0.05, 0.1) is 20.1 Å². The number of carbonyl (C=O) groups excluding carboxylic acids is 1. The van der Waals surface area contributed by atoms with Crippen LogP contribution < -0.4 is 9.64 Å². The topological polar surface area (TPSA) is 38.8 Å². The fourth-order valence-corrected chi connectivity index (χ4v) is 2.36. The molecular weight excluding hydrogens is 218 g/mol. The molecule has 0 fully saturated rings. The van der Waals surface area contributed by atoms with E-state index in [-0.39, 0.29) is 11.9 Å². The number of anilines is 1. The molecule has 17 heavy (non-hydrogen) atoms. The van der Waals surface area contributed by atoms with E-state index < -0.39 is 0 Å². The Morgan fingerprint density at radius 2 is 2.18 bits per heavy atom. The van der Waals surface area contributed by atoms with Gasteiger partial charge in [-0.05, 0) is 18.6 Å². The second-order valence-electron chi connectivity index (χ2n) is 4.18. The van der Waals surface area contributed by atoms with Crippen molar-refractivity contribution in [3.05, 3.63) is 23.8 Å². The third-order valence-electron chi connectivity index (χ3n) is 3.26. The van der Waals surface area contributed by atoms with Gasteiger partial charge in [0.1, 0.15) is 5.75 Å². The van der Waals surface area contributed by atoms with Gasteiger partial charge in [-0.2, -0.15) is 0 Å². The van der Waals surface area contributed by atoms with Crippen LogP contribution in [0.2, 0.25) is 0 Å². The second-order valence-corrected chi connectivity index (χ2v) is 4.18. The molecule has 0 spiro atoms. The van der Waals surface area contributed by atoms with Crippen molar-refractivity contribution in [2.45, 2.75) is 12.3 Å². The number of hydrogen-bond donors (Lipinski definition) is 0. The van der Waals surface area contributed by atoms with E-state index in [2.05, 4.69) is 4.90 Å². The fourth-order valence-electron chi connectivity index (χ4n) is 2.36. The molecular formula is C13H17NO3. The largest absolute Gasteiger partial charge is 0.496 e. The monoisotopic (exact) mass is 235 g/mol. The number of methoxy groups -OCH3 is 2. The zero-order valence-corrected chi connectivity index (χ0v) is 10.4. The molecule has 0 saturated carbocycles. The predicted octanol–water partition coefficient (Wildman–Crippen LogP) is 1.79. The maximum atomic E-state index is 11.8. The van der Waals surface area contributed by atoms with E-state index in [1.165, 1.54) is 7.11 Å². The second kappa shape index (κ2) is 4.65. The first-order chi connectivity index (χ1) is 8.19. The van der Waals surface area contributed by atoms with Gasteiger partial charge in [-0.25, -0.2) is 0 Å². The Labute approximate surface area is 101 Å². The highest BCUT2D eigenvalue weighted by Crippen LogP contribution is 2.41. The Balaban J connectivity index is 2.52. The molecule has 0 radical (unpaired) electrons. The molecule has 1 aliphatic rings. The molecule has 0 aromatic heterocycles. The van der Waals surface area contributed by atoms with Crippen LogP contribution >= 0.6 is 0 Å². The van der Waals surface area contributed by atoms with E-state index in [1.807, 2.05) is 25.2 Å². The molecule has 0 bridgehead atoms. The van der Waals surface area contributed by atoms with Crippen molar-refractivity contribution in [1.82, 2.24) is 0 Å². The summed E-state index contributed by atoms with van der Waals surface area (Å²) in [7, 11) is 5.07. The van der Waals surface area contributed by atoms with Gasteiger partial charge >= 0.3 is 5.97 Å². The number of benzene rings is 1. The highest BCUT2D eigenvalue weighted by Gasteiger charge is 2.32. The molecule has 1 unspecified atom stereocenters. The molecule has 0 saturated heterocycles. The summed E-state index contributed by atoms with van der Waals surface area (Å²) in [5.74, 6) is 0.343. The van der Waals surface area contributed by atoms with Crippen LogP contribution in [0, 0.1) is 0 Å². The smallest absolute Gasteiger partial charge is 0.313 e. The third kappa shape index (κ3) is 1.95. The lowest BCUT2D eigenvalue weighted by atomic mass is 9.89. The highest BCUT2D eigenvalue weighted by molar-refractivity contribution is 5.83. The molecule has 1 aliphatic heterocycles. The van der Waals surface area contributed by atoms with E-state index in [4.69, 9.17) is 9.47 Å². The van der Waals surface area contributed by atoms with Gasteiger partial charge in [-0.15, -0.1) is 0 Å². The molecule has 4 nitrogen and oxygen atoms in total. The molecule has 2 rings (SSSR count). The Bertz CT molecular complexity index is 431. The Kier molecular flexibility index (Phi) is 3.22. The maximum Gasteiger partial charge on any atom is 0.313 e. The van der Waals surface area contributed by atoms with Gasteiger partial charge in [0.2, 0.25) is 0 Å². The summed E-state index contributed by atoms with van der Waals surface area (Å²) in [6.45, 7) is 0.847. The SMILES string of the molecule is COC(=O)C1CCN(C)c2cccc(OC)c21. The van der Waals surface area contributed by atoms with Crippen molar-refractivity contribution < 1.29 is 14.3 Å². The average Bonchev–Trinajstić information content (AvgIpc) is 2.38. The number of carbonyl (C=O) groups is 1. The number of nitrogens with zero attached hydrogens (tertiary/aromatic N) is 1. The lowest BCUT2D eigenvalue weighted by molar-refractivity contribution is -0.142. The predicted molar refractivity (Wildman–Crippen MR) is 65.6 cm³/mol. The number of esters is 1.